The summed E-state index contributed by atoms with van der Waals surface area (Å²) in [4.78, 5) is 22.9. The van der Waals surface area contributed by atoms with Crippen LogP contribution in [0.25, 0.3) is 0 Å². The van der Waals surface area contributed by atoms with Crippen molar-refractivity contribution in [3.05, 3.63) is 51.7 Å². The number of H-pyrrole nitrogens is 1. The summed E-state index contributed by atoms with van der Waals surface area (Å²) in [5, 5.41) is 3.37. The summed E-state index contributed by atoms with van der Waals surface area (Å²) in [6, 6.07) is 3.83. The summed E-state index contributed by atoms with van der Waals surface area (Å²) in [6.07, 6.45) is 7.44. The van der Waals surface area contributed by atoms with Gasteiger partial charge in [0.25, 0.3) is 0 Å². The van der Waals surface area contributed by atoms with E-state index in [1.807, 2.05) is 18.5 Å². The fraction of sp³-hybridized carbons (Fsp3) is 0.400. The molecule has 0 aromatic carbocycles. The predicted octanol–water partition coefficient (Wildman–Crippen LogP) is 1.70. The molecule has 0 aliphatic heterocycles. The largest absolute Gasteiger partial charge is 0.351 e. The van der Waals surface area contributed by atoms with Crippen molar-refractivity contribution in [3.8, 4) is 0 Å². The summed E-state index contributed by atoms with van der Waals surface area (Å²) in [7, 11) is 0. The van der Waals surface area contributed by atoms with Gasteiger partial charge in [-0.2, -0.15) is 0 Å². The van der Waals surface area contributed by atoms with Crippen LogP contribution in [0, 0.1) is 0 Å². The molecule has 0 unspecified atom stereocenters. The van der Waals surface area contributed by atoms with E-state index in [2.05, 4.69) is 27.2 Å². The maximum absolute atomic E-state index is 11.3. The zero-order chi connectivity index (χ0) is 13.9. The van der Waals surface area contributed by atoms with Gasteiger partial charge in [-0.1, -0.05) is 13.0 Å². The molecule has 1 aliphatic rings. The summed E-state index contributed by atoms with van der Waals surface area (Å²) >= 11 is 0. The van der Waals surface area contributed by atoms with E-state index in [-0.39, 0.29) is 5.56 Å². The van der Waals surface area contributed by atoms with Crippen molar-refractivity contribution >= 4 is 5.95 Å². The van der Waals surface area contributed by atoms with E-state index in [9.17, 15) is 4.79 Å². The molecule has 2 aromatic rings. The van der Waals surface area contributed by atoms with Crippen LogP contribution < -0.4 is 10.9 Å². The summed E-state index contributed by atoms with van der Waals surface area (Å²) in [6.45, 7) is 2.09. The molecular weight excluding hydrogens is 252 g/mol. The van der Waals surface area contributed by atoms with Crippen LogP contribution in [0.2, 0.25) is 0 Å². The fourth-order valence-corrected chi connectivity index (χ4v) is 2.57. The van der Waals surface area contributed by atoms with Gasteiger partial charge in [0.1, 0.15) is 0 Å². The van der Waals surface area contributed by atoms with Crippen molar-refractivity contribution in [2.24, 2.45) is 0 Å². The van der Waals surface area contributed by atoms with E-state index < -0.39 is 0 Å². The van der Waals surface area contributed by atoms with Gasteiger partial charge in [0.2, 0.25) is 11.5 Å². The maximum Gasteiger partial charge on any atom is 0.248 e. The molecule has 0 saturated heterocycles. The Balaban J connectivity index is 1.70. The van der Waals surface area contributed by atoms with Crippen LogP contribution in [0.5, 0.6) is 0 Å². The number of nitrogens with one attached hydrogen (secondary N) is 2. The normalized spacial score (nSPS) is 17.6. The number of aromatic nitrogens is 3. The topological polar surface area (TPSA) is 70.7 Å². The molecule has 5 nitrogen and oxygen atoms in total. The molecule has 1 atom stereocenters. The Morgan fingerprint density at radius 2 is 2.15 bits per heavy atom. The lowest BCUT2D eigenvalue weighted by Crippen LogP contribution is -2.29. The highest BCUT2D eigenvalue weighted by molar-refractivity contribution is 5.31. The second-order valence-corrected chi connectivity index (χ2v) is 5.18. The number of hydrogen-bond donors (Lipinski definition) is 2. The second-order valence-electron chi connectivity index (χ2n) is 5.18. The third-order valence-corrected chi connectivity index (χ3v) is 3.75. The summed E-state index contributed by atoms with van der Waals surface area (Å²) in [5.41, 5.74) is 3.40. The first kappa shape index (κ1) is 12.8. The summed E-state index contributed by atoms with van der Waals surface area (Å²) < 4.78 is 0. The van der Waals surface area contributed by atoms with Crippen molar-refractivity contribution in [1.82, 2.24) is 15.0 Å². The number of pyridine rings is 1. The molecule has 0 fully saturated rings. The first-order valence-corrected chi connectivity index (χ1v) is 7.03. The zero-order valence-electron chi connectivity index (χ0n) is 11.5. The minimum Gasteiger partial charge on any atom is -0.351 e. The van der Waals surface area contributed by atoms with Crippen LogP contribution in [-0.4, -0.2) is 21.0 Å². The lowest BCUT2D eigenvalue weighted by Gasteiger charge is -2.25. The number of aryl methyl sites for hydroxylation is 2. The SMILES string of the molecule is CCc1cnc(N[C@H]2CCc3[nH]c(=O)ccc3C2)nc1. The Morgan fingerprint density at radius 1 is 1.35 bits per heavy atom. The molecule has 0 saturated carbocycles. The van der Waals surface area contributed by atoms with Gasteiger partial charge in [-0.15, -0.1) is 0 Å². The van der Waals surface area contributed by atoms with Crippen molar-refractivity contribution in [3.63, 3.8) is 0 Å². The predicted molar refractivity (Wildman–Crippen MR) is 77.9 cm³/mol. The molecule has 2 aromatic heterocycles. The Kier molecular flexibility index (Phi) is 3.50. The molecule has 0 bridgehead atoms. The molecule has 1 aliphatic carbocycles. The number of aromatic amines is 1. The first-order valence-electron chi connectivity index (χ1n) is 7.03. The summed E-state index contributed by atoms with van der Waals surface area (Å²) in [5.74, 6) is 0.681. The van der Waals surface area contributed by atoms with Crippen molar-refractivity contribution in [1.29, 1.82) is 0 Å². The second kappa shape index (κ2) is 5.45. The van der Waals surface area contributed by atoms with Gasteiger partial charge in [-0.3, -0.25) is 4.79 Å². The van der Waals surface area contributed by atoms with Gasteiger partial charge in [-0.25, -0.2) is 9.97 Å². The lowest BCUT2D eigenvalue weighted by molar-refractivity contribution is 0.593. The minimum absolute atomic E-state index is 0.0198. The molecule has 104 valence electrons. The third-order valence-electron chi connectivity index (χ3n) is 3.75. The van der Waals surface area contributed by atoms with Gasteiger partial charge < -0.3 is 10.3 Å². The average molecular weight is 270 g/mol. The lowest BCUT2D eigenvalue weighted by atomic mass is 9.92. The van der Waals surface area contributed by atoms with Crippen molar-refractivity contribution in [2.45, 2.75) is 38.6 Å². The van der Waals surface area contributed by atoms with E-state index in [0.717, 1.165) is 36.9 Å². The molecule has 2 heterocycles. The molecule has 20 heavy (non-hydrogen) atoms. The van der Waals surface area contributed by atoms with E-state index in [1.54, 1.807) is 6.07 Å². The molecule has 0 spiro atoms. The molecular formula is C15H18N4O. The standard InChI is InChI=1S/C15H18N4O/c1-2-10-8-16-15(17-9-10)18-12-4-5-13-11(7-12)3-6-14(20)19-13/h3,6,8-9,12H,2,4-5,7H2,1H3,(H,19,20)(H,16,17,18)/t12-/m0/s1. The Bertz CT molecular complexity index is 648. The minimum atomic E-state index is -0.0198. The van der Waals surface area contributed by atoms with E-state index in [0.29, 0.717) is 12.0 Å². The monoisotopic (exact) mass is 270 g/mol. The van der Waals surface area contributed by atoms with Crippen molar-refractivity contribution < 1.29 is 0 Å². The van der Waals surface area contributed by atoms with E-state index in [1.165, 1.54) is 5.56 Å². The van der Waals surface area contributed by atoms with Crippen LogP contribution in [0.4, 0.5) is 5.95 Å². The molecule has 0 radical (unpaired) electrons. The van der Waals surface area contributed by atoms with E-state index >= 15 is 0 Å². The fourth-order valence-electron chi connectivity index (χ4n) is 2.57. The maximum atomic E-state index is 11.3. The van der Waals surface area contributed by atoms with Crippen LogP contribution in [0.3, 0.4) is 0 Å². The van der Waals surface area contributed by atoms with Gasteiger partial charge in [-0.05, 0) is 36.8 Å². The van der Waals surface area contributed by atoms with Gasteiger partial charge in [0.05, 0.1) is 0 Å². The van der Waals surface area contributed by atoms with Crippen LogP contribution in [-0.2, 0) is 19.3 Å². The first-order chi connectivity index (χ1) is 9.74. The van der Waals surface area contributed by atoms with Crippen LogP contribution >= 0.6 is 0 Å². The third kappa shape index (κ3) is 2.71. The molecule has 0 amide bonds. The Morgan fingerprint density at radius 3 is 2.90 bits per heavy atom. The highest BCUT2D eigenvalue weighted by Gasteiger charge is 2.19. The molecule has 5 heteroatoms. The Labute approximate surface area is 117 Å². The number of nitrogens with zero attached hydrogens (tertiary/aromatic N) is 2. The van der Waals surface area contributed by atoms with Crippen LogP contribution in [0.1, 0.15) is 30.2 Å². The van der Waals surface area contributed by atoms with Gasteiger partial charge in [0.15, 0.2) is 0 Å². The quantitative estimate of drug-likeness (QED) is 0.890. The zero-order valence-corrected chi connectivity index (χ0v) is 11.5. The molecule has 2 N–H and O–H groups in total. The van der Waals surface area contributed by atoms with Gasteiger partial charge in [0, 0.05) is 30.2 Å². The van der Waals surface area contributed by atoms with Crippen molar-refractivity contribution in [2.75, 3.05) is 5.32 Å². The average Bonchev–Trinajstić information content (AvgIpc) is 2.48. The smallest absolute Gasteiger partial charge is 0.248 e. The van der Waals surface area contributed by atoms with E-state index in [4.69, 9.17) is 0 Å². The number of anilines is 1. The van der Waals surface area contributed by atoms with Crippen LogP contribution in [0.15, 0.2) is 29.3 Å². The van der Waals surface area contributed by atoms with Gasteiger partial charge >= 0.3 is 0 Å². The Hall–Kier alpha value is -2.17. The number of rotatable bonds is 3. The number of fused-ring (bicyclic) bond motifs is 1. The molecule has 3 rings (SSSR count). The number of hydrogen-bond acceptors (Lipinski definition) is 4. The highest BCUT2D eigenvalue weighted by Crippen LogP contribution is 2.20. The highest BCUT2D eigenvalue weighted by atomic mass is 16.1.